The highest BCUT2D eigenvalue weighted by molar-refractivity contribution is 5.73. The minimum Gasteiger partial charge on any atom is -0.480 e. The van der Waals surface area contributed by atoms with Crippen LogP contribution in [0.4, 0.5) is 0 Å². The fraction of sp³-hybridized carbons (Fsp3) is 0.900. The topological polar surface area (TPSA) is 69.6 Å². The third-order valence-corrected chi connectivity index (χ3v) is 2.22. The molecule has 0 heterocycles. The van der Waals surface area contributed by atoms with Gasteiger partial charge in [-0.05, 0) is 12.3 Å². The van der Waals surface area contributed by atoms with E-state index in [4.69, 9.17) is 5.11 Å². The first-order chi connectivity index (χ1) is 6.49. The Balaban J connectivity index is 3.87. The minimum absolute atomic E-state index is 0.151. The summed E-state index contributed by atoms with van der Waals surface area (Å²) in [6, 6.07) is -0.534. The van der Waals surface area contributed by atoms with Gasteiger partial charge in [-0.25, -0.2) is 0 Å². The van der Waals surface area contributed by atoms with Gasteiger partial charge in [-0.1, -0.05) is 27.2 Å². The molecule has 0 rings (SSSR count). The zero-order valence-electron chi connectivity index (χ0n) is 9.16. The van der Waals surface area contributed by atoms with E-state index in [1.54, 1.807) is 0 Å². The van der Waals surface area contributed by atoms with E-state index in [0.717, 1.165) is 6.42 Å². The molecular weight excluding hydrogens is 182 g/mol. The molecular formula is C10H21NO3. The highest BCUT2D eigenvalue weighted by atomic mass is 16.4. The summed E-state index contributed by atoms with van der Waals surface area (Å²) in [5, 5.41) is 21.1. The molecule has 2 atom stereocenters. The van der Waals surface area contributed by atoms with Crippen LogP contribution < -0.4 is 5.32 Å². The molecule has 0 fully saturated rings. The van der Waals surface area contributed by atoms with Crippen LogP contribution in [-0.4, -0.2) is 34.9 Å². The predicted molar refractivity (Wildman–Crippen MR) is 55.2 cm³/mol. The third-order valence-electron chi connectivity index (χ3n) is 2.22. The average molecular weight is 203 g/mol. The number of carboxylic acids is 1. The second-order valence-corrected chi connectivity index (χ2v) is 3.90. The van der Waals surface area contributed by atoms with Gasteiger partial charge in [0.05, 0.1) is 6.10 Å². The maximum Gasteiger partial charge on any atom is 0.320 e. The third kappa shape index (κ3) is 5.19. The van der Waals surface area contributed by atoms with E-state index in [-0.39, 0.29) is 5.92 Å². The Morgan fingerprint density at radius 3 is 2.36 bits per heavy atom. The maximum atomic E-state index is 10.7. The molecule has 0 radical (unpaired) electrons. The van der Waals surface area contributed by atoms with Crippen molar-refractivity contribution >= 4 is 5.97 Å². The van der Waals surface area contributed by atoms with Crippen LogP contribution in [0.15, 0.2) is 0 Å². The van der Waals surface area contributed by atoms with E-state index in [0.29, 0.717) is 13.0 Å². The molecule has 0 aliphatic rings. The zero-order chi connectivity index (χ0) is 11.1. The fourth-order valence-corrected chi connectivity index (χ4v) is 1.10. The van der Waals surface area contributed by atoms with Crippen molar-refractivity contribution in [2.24, 2.45) is 5.92 Å². The number of aliphatic hydroxyl groups excluding tert-OH is 1. The summed E-state index contributed by atoms with van der Waals surface area (Å²) in [4.78, 5) is 10.7. The van der Waals surface area contributed by atoms with Gasteiger partial charge in [-0.15, -0.1) is 0 Å². The summed E-state index contributed by atoms with van der Waals surface area (Å²) < 4.78 is 0. The SMILES string of the molecule is CCCC(NC[C@@H](O)C(C)C)C(=O)O. The van der Waals surface area contributed by atoms with E-state index in [9.17, 15) is 9.90 Å². The van der Waals surface area contributed by atoms with Crippen molar-refractivity contribution in [2.45, 2.75) is 45.8 Å². The van der Waals surface area contributed by atoms with Gasteiger partial charge in [0.25, 0.3) is 0 Å². The van der Waals surface area contributed by atoms with Gasteiger partial charge in [0.1, 0.15) is 6.04 Å². The number of nitrogens with one attached hydrogen (secondary N) is 1. The van der Waals surface area contributed by atoms with Gasteiger partial charge < -0.3 is 15.5 Å². The molecule has 4 heteroatoms. The number of aliphatic hydroxyl groups is 1. The molecule has 0 spiro atoms. The summed E-state index contributed by atoms with van der Waals surface area (Å²) in [6.07, 6.45) is 0.940. The number of hydrogen-bond acceptors (Lipinski definition) is 3. The van der Waals surface area contributed by atoms with Gasteiger partial charge in [-0.2, -0.15) is 0 Å². The molecule has 14 heavy (non-hydrogen) atoms. The first-order valence-corrected chi connectivity index (χ1v) is 5.13. The predicted octanol–water partition coefficient (Wildman–Crippen LogP) is 0.846. The number of carbonyl (C=O) groups is 1. The lowest BCUT2D eigenvalue weighted by Crippen LogP contribution is -2.42. The standard InChI is InChI=1S/C10H21NO3/c1-4-5-8(10(13)14)11-6-9(12)7(2)3/h7-9,11-12H,4-6H2,1-3H3,(H,13,14)/t8?,9-/m1/s1. The van der Waals surface area contributed by atoms with Crippen LogP contribution in [0.2, 0.25) is 0 Å². The smallest absolute Gasteiger partial charge is 0.320 e. The molecule has 0 saturated heterocycles. The van der Waals surface area contributed by atoms with E-state index in [1.165, 1.54) is 0 Å². The van der Waals surface area contributed by atoms with Crippen molar-refractivity contribution < 1.29 is 15.0 Å². The van der Waals surface area contributed by atoms with Crippen molar-refractivity contribution in [3.8, 4) is 0 Å². The second-order valence-electron chi connectivity index (χ2n) is 3.90. The Kier molecular flexibility index (Phi) is 6.49. The quantitative estimate of drug-likeness (QED) is 0.573. The largest absolute Gasteiger partial charge is 0.480 e. The summed E-state index contributed by atoms with van der Waals surface area (Å²) in [7, 11) is 0. The molecule has 0 aliphatic carbocycles. The van der Waals surface area contributed by atoms with E-state index >= 15 is 0 Å². The average Bonchev–Trinajstić information content (AvgIpc) is 2.10. The summed E-state index contributed by atoms with van der Waals surface area (Å²) in [5.41, 5.74) is 0. The van der Waals surface area contributed by atoms with Crippen LogP contribution >= 0.6 is 0 Å². The zero-order valence-corrected chi connectivity index (χ0v) is 9.16. The molecule has 0 aromatic carbocycles. The Morgan fingerprint density at radius 2 is 2.00 bits per heavy atom. The number of hydrogen-bond donors (Lipinski definition) is 3. The van der Waals surface area contributed by atoms with Crippen LogP contribution in [-0.2, 0) is 4.79 Å². The molecule has 1 unspecified atom stereocenters. The molecule has 0 aromatic heterocycles. The second kappa shape index (κ2) is 6.79. The summed E-state index contributed by atoms with van der Waals surface area (Å²) >= 11 is 0. The molecule has 84 valence electrons. The lowest BCUT2D eigenvalue weighted by atomic mass is 10.1. The summed E-state index contributed by atoms with van der Waals surface area (Å²) in [6.45, 7) is 6.09. The Bertz CT molecular complexity index is 171. The minimum atomic E-state index is -0.845. The normalized spacial score (nSPS) is 15.5. The van der Waals surface area contributed by atoms with Crippen LogP contribution in [0, 0.1) is 5.92 Å². The first-order valence-electron chi connectivity index (χ1n) is 5.13. The Labute approximate surface area is 85.3 Å². The Morgan fingerprint density at radius 1 is 1.43 bits per heavy atom. The van der Waals surface area contributed by atoms with Gasteiger partial charge in [0.2, 0.25) is 0 Å². The van der Waals surface area contributed by atoms with Crippen molar-refractivity contribution in [3.05, 3.63) is 0 Å². The van der Waals surface area contributed by atoms with Crippen molar-refractivity contribution in [1.29, 1.82) is 0 Å². The first kappa shape index (κ1) is 13.4. The van der Waals surface area contributed by atoms with Crippen LogP contribution in [0.1, 0.15) is 33.6 Å². The molecule has 4 nitrogen and oxygen atoms in total. The van der Waals surface area contributed by atoms with Crippen LogP contribution in [0.5, 0.6) is 0 Å². The molecule has 0 amide bonds. The van der Waals surface area contributed by atoms with Crippen molar-refractivity contribution in [3.63, 3.8) is 0 Å². The highest BCUT2D eigenvalue weighted by Crippen LogP contribution is 2.02. The molecule has 0 aromatic rings. The monoisotopic (exact) mass is 203 g/mol. The lowest BCUT2D eigenvalue weighted by Gasteiger charge is -2.19. The molecule has 0 bridgehead atoms. The molecule has 3 N–H and O–H groups in total. The van der Waals surface area contributed by atoms with E-state index < -0.39 is 18.1 Å². The number of rotatable bonds is 7. The van der Waals surface area contributed by atoms with Gasteiger partial charge in [0.15, 0.2) is 0 Å². The molecule has 0 saturated carbocycles. The Hall–Kier alpha value is -0.610. The van der Waals surface area contributed by atoms with Gasteiger partial charge in [-0.3, -0.25) is 4.79 Å². The van der Waals surface area contributed by atoms with Gasteiger partial charge in [0, 0.05) is 6.54 Å². The van der Waals surface area contributed by atoms with Crippen LogP contribution in [0.3, 0.4) is 0 Å². The van der Waals surface area contributed by atoms with E-state index in [1.807, 2.05) is 20.8 Å². The molecule has 0 aliphatic heterocycles. The van der Waals surface area contributed by atoms with Crippen molar-refractivity contribution in [2.75, 3.05) is 6.54 Å². The van der Waals surface area contributed by atoms with Crippen molar-refractivity contribution in [1.82, 2.24) is 5.32 Å². The maximum absolute atomic E-state index is 10.7. The van der Waals surface area contributed by atoms with E-state index in [2.05, 4.69) is 5.32 Å². The fourth-order valence-electron chi connectivity index (χ4n) is 1.10. The van der Waals surface area contributed by atoms with Crippen LogP contribution in [0.25, 0.3) is 0 Å². The van der Waals surface area contributed by atoms with Gasteiger partial charge >= 0.3 is 5.97 Å². The lowest BCUT2D eigenvalue weighted by molar-refractivity contribution is -0.139. The highest BCUT2D eigenvalue weighted by Gasteiger charge is 2.17. The number of aliphatic carboxylic acids is 1. The summed E-state index contributed by atoms with van der Waals surface area (Å²) in [5.74, 6) is -0.693. The number of carboxylic acid groups (broad SMARTS) is 1.